The van der Waals surface area contributed by atoms with Crippen molar-refractivity contribution in [2.24, 2.45) is 5.92 Å². The number of allylic oxidation sites excluding steroid dienone is 1. The molecule has 0 fully saturated rings. The molecule has 1 heterocycles. The summed E-state index contributed by atoms with van der Waals surface area (Å²) in [6, 6.07) is 1.90. The molecule has 0 amide bonds. The second kappa shape index (κ2) is 5.49. The van der Waals surface area contributed by atoms with E-state index in [0.29, 0.717) is 12.3 Å². The van der Waals surface area contributed by atoms with E-state index in [1.807, 2.05) is 43.8 Å². The molecule has 0 aliphatic carbocycles. The highest BCUT2D eigenvalue weighted by Gasteiger charge is 2.13. The minimum Gasteiger partial charge on any atom is -0.354 e. The van der Waals surface area contributed by atoms with E-state index in [9.17, 15) is 10.1 Å². The topological polar surface area (TPSA) is 48.1 Å². The lowest BCUT2D eigenvalue weighted by Gasteiger charge is -2.01. The summed E-state index contributed by atoms with van der Waals surface area (Å²) < 4.78 is 2.00. The maximum Gasteiger partial charge on any atom is 0.247 e. The van der Waals surface area contributed by atoms with Crippen LogP contribution in [-0.2, 0) is 6.54 Å². The normalized spacial score (nSPS) is 12.1. The van der Waals surface area contributed by atoms with E-state index < -0.39 is 0 Å². The monoisotopic (exact) mass is 222 g/mol. The van der Waals surface area contributed by atoms with Gasteiger partial charge >= 0.3 is 0 Å². The van der Waals surface area contributed by atoms with Gasteiger partial charge in [-0.3, -0.25) is 10.1 Å². The summed E-state index contributed by atoms with van der Waals surface area (Å²) in [5.41, 5.74) is 1.18. The molecule has 0 unspecified atom stereocenters. The molecule has 0 N–H and O–H groups in total. The summed E-state index contributed by atoms with van der Waals surface area (Å²) in [5.74, 6) is 0.296. The first-order valence-electron chi connectivity index (χ1n) is 5.53. The lowest BCUT2D eigenvalue weighted by Crippen LogP contribution is -2.02. The van der Waals surface area contributed by atoms with Gasteiger partial charge in [-0.15, -0.1) is 0 Å². The lowest BCUT2D eigenvalue weighted by molar-refractivity contribution is -0.427. The summed E-state index contributed by atoms with van der Waals surface area (Å²) >= 11 is 0. The number of hydrogen-bond acceptors (Lipinski definition) is 2. The first-order chi connectivity index (χ1) is 7.52. The average molecular weight is 222 g/mol. The minimum absolute atomic E-state index is 0.281. The minimum atomic E-state index is -0.288. The largest absolute Gasteiger partial charge is 0.354 e. The Hall–Kier alpha value is -1.58. The number of aryl methyl sites for hydroxylation is 1. The van der Waals surface area contributed by atoms with Gasteiger partial charge in [0.1, 0.15) is 0 Å². The van der Waals surface area contributed by atoms with Crippen LogP contribution < -0.4 is 0 Å². The van der Waals surface area contributed by atoms with Gasteiger partial charge in [0.05, 0.1) is 4.92 Å². The maximum absolute atomic E-state index is 10.8. The van der Waals surface area contributed by atoms with E-state index in [1.54, 1.807) is 6.08 Å². The van der Waals surface area contributed by atoms with Crippen LogP contribution in [0.3, 0.4) is 0 Å². The molecule has 0 radical (unpaired) electrons. The van der Waals surface area contributed by atoms with Crippen molar-refractivity contribution in [3.63, 3.8) is 0 Å². The van der Waals surface area contributed by atoms with Gasteiger partial charge in [0.15, 0.2) is 0 Å². The van der Waals surface area contributed by atoms with Gasteiger partial charge in [-0.2, -0.15) is 0 Å². The average Bonchev–Trinajstić information content (AvgIpc) is 2.63. The van der Waals surface area contributed by atoms with Crippen LogP contribution in [0, 0.1) is 16.0 Å². The Bertz CT molecular complexity index is 391. The fourth-order valence-corrected chi connectivity index (χ4v) is 1.54. The van der Waals surface area contributed by atoms with Crippen LogP contribution in [0.5, 0.6) is 0 Å². The Morgan fingerprint density at radius 2 is 2.31 bits per heavy atom. The van der Waals surface area contributed by atoms with Gasteiger partial charge in [-0.1, -0.05) is 13.8 Å². The summed E-state index contributed by atoms with van der Waals surface area (Å²) in [7, 11) is 0. The highest BCUT2D eigenvalue weighted by Crippen LogP contribution is 2.15. The Kier molecular flexibility index (Phi) is 4.28. The van der Waals surface area contributed by atoms with E-state index in [0.717, 1.165) is 12.1 Å². The molecule has 1 aromatic rings. The number of hydrogen-bond donors (Lipinski definition) is 0. The quantitative estimate of drug-likeness (QED) is 0.567. The summed E-state index contributed by atoms with van der Waals surface area (Å²) in [6.45, 7) is 6.88. The highest BCUT2D eigenvalue weighted by atomic mass is 16.6. The predicted octanol–water partition coefficient (Wildman–Crippen LogP) is 3.17. The molecule has 0 saturated heterocycles. The SMILES string of the molecule is CCn1ccc(C=C(CC(C)C)[N+](=O)[O-])c1. The standard InChI is InChI=1S/C12H18N2O2/c1-4-13-6-5-11(9-13)8-12(14(15)16)7-10(2)3/h5-6,8-10H,4,7H2,1-3H3. The van der Waals surface area contributed by atoms with Crippen molar-refractivity contribution in [1.82, 2.24) is 4.57 Å². The van der Waals surface area contributed by atoms with E-state index in [2.05, 4.69) is 0 Å². The molecule has 0 aromatic carbocycles. The fourth-order valence-electron chi connectivity index (χ4n) is 1.54. The van der Waals surface area contributed by atoms with Gasteiger partial charge in [0.25, 0.3) is 0 Å². The molecule has 16 heavy (non-hydrogen) atoms. The number of nitrogens with zero attached hydrogens (tertiary/aromatic N) is 2. The van der Waals surface area contributed by atoms with E-state index in [4.69, 9.17) is 0 Å². The van der Waals surface area contributed by atoms with Crippen LogP contribution in [0.15, 0.2) is 24.2 Å². The Morgan fingerprint density at radius 1 is 1.62 bits per heavy atom. The number of nitro groups is 1. The van der Waals surface area contributed by atoms with Gasteiger partial charge in [-0.25, -0.2) is 0 Å². The summed E-state index contributed by atoms with van der Waals surface area (Å²) in [5, 5.41) is 10.8. The third-order valence-corrected chi connectivity index (χ3v) is 2.32. The fraction of sp³-hybridized carbons (Fsp3) is 0.500. The van der Waals surface area contributed by atoms with E-state index in [1.165, 1.54) is 0 Å². The van der Waals surface area contributed by atoms with Crippen molar-refractivity contribution in [3.05, 3.63) is 39.8 Å². The molecule has 0 atom stereocenters. The lowest BCUT2D eigenvalue weighted by atomic mass is 10.1. The van der Waals surface area contributed by atoms with Crippen molar-refractivity contribution in [1.29, 1.82) is 0 Å². The third-order valence-electron chi connectivity index (χ3n) is 2.32. The maximum atomic E-state index is 10.8. The smallest absolute Gasteiger partial charge is 0.247 e. The summed E-state index contributed by atoms with van der Waals surface area (Å²) in [6.07, 6.45) is 6.01. The van der Waals surface area contributed by atoms with Gasteiger partial charge in [0, 0.05) is 31.4 Å². The zero-order chi connectivity index (χ0) is 12.1. The molecule has 4 nitrogen and oxygen atoms in total. The Labute approximate surface area is 95.7 Å². The molecule has 0 spiro atoms. The number of rotatable bonds is 5. The van der Waals surface area contributed by atoms with Gasteiger partial charge in [0.2, 0.25) is 5.70 Å². The Morgan fingerprint density at radius 3 is 2.75 bits per heavy atom. The predicted molar refractivity (Wildman–Crippen MR) is 64.5 cm³/mol. The molecular formula is C12H18N2O2. The van der Waals surface area contributed by atoms with Crippen LogP contribution >= 0.6 is 0 Å². The van der Waals surface area contributed by atoms with Crippen LogP contribution in [-0.4, -0.2) is 9.49 Å². The second-order valence-corrected chi connectivity index (χ2v) is 4.27. The van der Waals surface area contributed by atoms with Crippen molar-refractivity contribution in [2.75, 3.05) is 0 Å². The van der Waals surface area contributed by atoms with Crippen LogP contribution in [0.1, 0.15) is 32.8 Å². The van der Waals surface area contributed by atoms with Crippen molar-refractivity contribution >= 4 is 6.08 Å². The molecule has 0 bridgehead atoms. The molecule has 88 valence electrons. The second-order valence-electron chi connectivity index (χ2n) is 4.27. The molecule has 0 aliphatic heterocycles. The van der Waals surface area contributed by atoms with Crippen molar-refractivity contribution in [2.45, 2.75) is 33.7 Å². The molecule has 0 aliphatic rings. The zero-order valence-electron chi connectivity index (χ0n) is 10.0. The summed E-state index contributed by atoms with van der Waals surface area (Å²) in [4.78, 5) is 10.6. The zero-order valence-corrected chi connectivity index (χ0v) is 10.0. The molecular weight excluding hydrogens is 204 g/mol. The first-order valence-corrected chi connectivity index (χ1v) is 5.53. The van der Waals surface area contributed by atoms with Gasteiger partial charge < -0.3 is 4.57 Å². The third kappa shape index (κ3) is 3.53. The van der Waals surface area contributed by atoms with E-state index >= 15 is 0 Å². The van der Waals surface area contributed by atoms with Crippen molar-refractivity contribution in [3.8, 4) is 0 Å². The van der Waals surface area contributed by atoms with E-state index in [-0.39, 0.29) is 10.6 Å². The van der Waals surface area contributed by atoms with Crippen LogP contribution in [0.25, 0.3) is 6.08 Å². The molecule has 0 saturated carbocycles. The molecule has 4 heteroatoms. The first kappa shape index (κ1) is 12.5. The van der Waals surface area contributed by atoms with Gasteiger partial charge in [-0.05, 0) is 24.5 Å². The molecule has 1 aromatic heterocycles. The number of aromatic nitrogens is 1. The Balaban J connectivity index is 2.88. The van der Waals surface area contributed by atoms with Crippen LogP contribution in [0.4, 0.5) is 0 Å². The highest BCUT2D eigenvalue weighted by molar-refractivity contribution is 5.50. The van der Waals surface area contributed by atoms with Crippen LogP contribution in [0.2, 0.25) is 0 Å². The molecule has 1 rings (SSSR count). The van der Waals surface area contributed by atoms with Crippen molar-refractivity contribution < 1.29 is 4.92 Å².